The molecule has 2 aliphatic rings. The molecule has 1 aromatic carbocycles. The van der Waals surface area contributed by atoms with Gasteiger partial charge in [0.25, 0.3) is 5.91 Å². The highest BCUT2D eigenvalue weighted by atomic mass is 32.2. The molecular weight excluding hydrogens is 448 g/mol. The Bertz CT molecular complexity index is 1340. The van der Waals surface area contributed by atoms with Gasteiger partial charge in [0, 0.05) is 11.6 Å². The fourth-order valence-electron chi connectivity index (χ4n) is 5.36. The third-order valence-corrected chi connectivity index (χ3v) is 9.16. The zero-order valence-electron chi connectivity index (χ0n) is 20.0. The van der Waals surface area contributed by atoms with E-state index in [0.29, 0.717) is 40.3 Å². The topological polar surface area (TPSA) is 94.0 Å². The number of sulfone groups is 1. The lowest BCUT2D eigenvalue weighted by Gasteiger charge is -2.29. The number of fused-ring (bicyclic) bond motifs is 1. The fraction of sp³-hybridized carbons (Fsp3) is 0.500. The average molecular weight is 481 g/mol. The number of carbonyl (C=O) groups excluding carboxylic acids is 1. The highest BCUT2D eigenvalue weighted by molar-refractivity contribution is 7.91. The Morgan fingerprint density at radius 3 is 2.50 bits per heavy atom. The van der Waals surface area contributed by atoms with Crippen molar-refractivity contribution in [1.29, 1.82) is 0 Å². The zero-order chi connectivity index (χ0) is 24.0. The quantitative estimate of drug-likeness (QED) is 0.598. The van der Waals surface area contributed by atoms with Gasteiger partial charge in [0.2, 0.25) is 0 Å². The van der Waals surface area contributed by atoms with Gasteiger partial charge in [-0.2, -0.15) is 5.10 Å². The lowest BCUT2D eigenvalue weighted by Crippen LogP contribution is -2.41. The molecule has 3 unspecified atom stereocenters. The first-order valence-corrected chi connectivity index (χ1v) is 14.0. The molecule has 1 saturated carbocycles. The Hall–Kier alpha value is -2.74. The van der Waals surface area contributed by atoms with Crippen LogP contribution in [0.25, 0.3) is 22.3 Å². The van der Waals surface area contributed by atoms with E-state index in [2.05, 4.69) is 12.2 Å². The second kappa shape index (κ2) is 8.80. The zero-order valence-corrected chi connectivity index (χ0v) is 20.9. The minimum absolute atomic E-state index is 0.0563. The summed E-state index contributed by atoms with van der Waals surface area (Å²) in [5.74, 6) is 0.545. The maximum Gasteiger partial charge on any atom is 0.252 e. The number of rotatable bonds is 4. The first kappa shape index (κ1) is 23.0. The van der Waals surface area contributed by atoms with Gasteiger partial charge in [-0.05, 0) is 45.1 Å². The summed E-state index contributed by atoms with van der Waals surface area (Å²) in [6.07, 6.45) is 4.96. The Labute approximate surface area is 200 Å². The van der Waals surface area contributed by atoms with Crippen molar-refractivity contribution < 1.29 is 13.2 Å². The van der Waals surface area contributed by atoms with Crippen LogP contribution in [0, 0.1) is 19.8 Å². The van der Waals surface area contributed by atoms with Crippen LogP contribution in [-0.4, -0.2) is 46.6 Å². The third kappa shape index (κ3) is 4.35. The van der Waals surface area contributed by atoms with Crippen molar-refractivity contribution >= 4 is 26.8 Å². The summed E-state index contributed by atoms with van der Waals surface area (Å²) in [5, 5.41) is 8.69. The van der Waals surface area contributed by atoms with E-state index in [-0.39, 0.29) is 29.5 Å². The van der Waals surface area contributed by atoms with Gasteiger partial charge < -0.3 is 5.32 Å². The SMILES string of the molecule is Cc1ccc(-c2cc(C(=O)NC3CCCCC3C)c3c(C)nn(C4CCS(=O)(=O)C4)c3n2)cc1. The summed E-state index contributed by atoms with van der Waals surface area (Å²) < 4.78 is 26.1. The second-order valence-electron chi connectivity index (χ2n) is 10.0. The van der Waals surface area contributed by atoms with E-state index in [4.69, 9.17) is 10.1 Å². The van der Waals surface area contributed by atoms with Crippen LogP contribution in [0.5, 0.6) is 0 Å². The standard InChI is InChI=1S/C26H32N4O3S/c1-16-8-10-19(11-9-16)23-14-21(26(31)28-22-7-5-4-6-17(22)2)24-18(3)29-30(25(24)27-23)20-12-13-34(32,33)15-20/h8-11,14,17,20,22H,4-7,12-13,15H2,1-3H3,(H,28,31). The van der Waals surface area contributed by atoms with E-state index < -0.39 is 9.84 Å². The number of carbonyl (C=O) groups is 1. The molecule has 0 bridgehead atoms. The number of aryl methyl sites for hydroxylation is 2. The van der Waals surface area contributed by atoms with Crippen LogP contribution in [0.4, 0.5) is 0 Å². The first-order valence-electron chi connectivity index (χ1n) is 12.2. The van der Waals surface area contributed by atoms with Gasteiger partial charge in [-0.25, -0.2) is 18.1 Å². The van der Waals surface area contributed by atoms with E-state index in [1.54, 1.807) is 4.68 Å². The van der Waals surface area contributed by atoms with Crippen LogP contribution in [0.15, 0.2) is 30.3 Å². The molecule has 1 aliphatic carbocycles. The van der Waals surface area contributed by atoms with Crippen molar-refractivity contribution in [3.05, 3.63) is 47.2 Å². The van der Waals surface area contributed by atoms with E-state index >= 15 is 0 Å². The molecule has 3 atom stereocenters. The Morgan fingerprint density at radius 2 is 1.82 bits per heavy atom. The second-order valence-corrected chi connectivity index (χ2v) is 12.3. The van der Waals surface area contributed by atoms with E-state index in [1.807, 2.05) is 44.2 Å². The molecule has 1 aliphatic heterocycles. The summed E-state index contributed by atoms with van der Waals surface area (Å²) in [6.45, 7) is 6.10. The molecule has 0 spiro atoms. The molecule has 7 nitrogen and oxygen atoms in total. The van der Waals surface area contributed by atoms with Crippen molar-refractivity contribution in [1.82, 2.24) is 20.1 Å². The van der Waals surface area contributed by atoms with Gasteiger partial charge in [-0.1, -0.05) is 49.6 Å². The fourth-order valence-corrected chi connectivity index (χ4v) is 7.06. The van der Waals surface area contributed by atoms with Crippen molar-refractivity contribution in [2.75, 3.05) is 11.5 Å². The number of amides is 1. The summed E-state index contributed by atoms with van der Waals surface area (Å²) in [7, 11) is -3.09. The molecule has 1 N–H and O–H groups in total. The number of hydrogen-bond donors (Lipinski definition) is 1. The molecule has 180 valence electrons. The van der Waals surface area contributed by atoms with Gasteiger partial charge in [0.1, 0.15) is 0 Å². The normalized spacial score (nSPS) is 24.4. The van der Waals surface area contributed by atoms with E-state index in [0.717, 1.165) is 30.4 Å². The number of hydrogen-bond acceptors (Lipinski definition) is 5. The predicted molar refractivity (Wildman–Crippen MR) is 134 cm³/mol. The lowest BCUT2D eigenvalue weighted by molar-refractivity contribution is 0.0912. The number of benzene rings is 1. The molecule has 34 heavy (non-hydrogen) atoms. The van der Waals surface area contributed by atoms with Crippen LogP contribution in [0.2, 0.25) is 0 Å². The van der Waals surface area contributed by atoms with Crippen molar-refractivity contribution in [3.8, 4) is 11.3 Å². The minimum atomic E-state index is -3.09. The smallest absolute Gasteiger partial charge is 0.252 e. The van der Waals surface area contributed by atoms with Gasteiger partial charge in [-0.3, -0.25) is 4.79 Å². The van der Waals surface area contributed by atoms with Gasteiger partial charge >= 0.3 is 0 Å². The highest BCUT2D eigenvalue weighted by Gasteiger charge is 2.33. The molecule has 8 heteroatoms. The van der Waals surface area contributed by atoms with Crippen LogP contribution in [0.3, 0.4) is 0 Å². The summed E-state index contributed by atoms with van der Waals surface area (Å²) >= 11 is 0. The molecule has 1 saturated heterocycles. The average Bonchev–Trinajstić information content (AvgIpc) is 3.34. The predicted octanol–water partition coefficient (Wildman–Crippen LogP) is 4.38. The molecule has 5 rings (SSSR count). The summed E-state index contributed by atoms with van der Waals surface area (Å²) in [5.41, 5.74) is 4.59. The molecule has 0 radical (unpaired) electrons. The lowest BCUT2D eigenvalue weighted by atomic mass is 9.86. The first-order chi connectivity index (χ1) is 16.2. The van der Waals surface area contributed by atoms with E-state index in [9.17, 15) is 13.2 Å². The monoisotopic (exact) mass is 480 g/mol. The highest BCUT2D eigenvalue weighted by Crippen LogP contribution is 2.33. The number of pyridine rings is 1. The third-order valence-electron chi connectivity index (χ3n) is 7.41. The molecular formula is C26H32N4O3S. The largest absolute Gasteiger partial charge is 0.349 e. The van der Waals surface area contributed by atoms with Gasteiger partial charge in [-0.15, -0.1) is 0 Å². The molecule has 2 aromatic heterocycles. The number of aromatic nitrogens is 3. The number of nitrogens with one attached hydrogen (secondary N) is 1. The van der Waals surface area contributed by atoms with Crippen LogP contribution >= 0.6 is 0 Å². The van der Waals surface area contributed by atoms with Crippen LogP contribution in [-0.2, 0) is 9.84 Å². The van der Waals surface area contributed by atoms with Crippen molar-refractivity contribution in [3.63, 3.8) is 0 Å². The molecule has 3 aromatic rings. The summed E-state index contributed by atoms with van der Waals surface area (Å²) in [6, 6.07) is 9.80. The molecule has 2 fully saturated rings. The Kier molecular flexibility index (Phi) is 5.96. The maximum absolute atomic E-state index is 13.6. The molecule has 3 heterocycles. The van der Waals surface area contributed by atoms with Gasteiger partial charge in [0.15, 0.2) is 15.5 Å². The number of nitrogens with zero attached hydrogens (tertiary/aromatic N) is 3. The summed E-state index contributed by atoms with van der Waals surface area (Å²) in [4.78, 5) is 18.5. The minimum Gasteiger partial charge on any atom is -0.349 e. The van der Waals surface area contributed by atoms with Crippen molar-refractivity contribution in [2.45, 2.75) is 65.0 Å². The van der Waals surface area contributed by atoms with Gasteiger partial charge in [0.05, 0.1) is 39.9 Å². The van der Waals surface area contributed by atoms with Crippen LogP contribution < -0.4 is 5.32 Å². The Balaban J connectivity index is 1.63. The maximum atomic E-state index is 13.6. The molecule has 1 amide bonds. The Morgan fingerprint density at radius 1 is 1.09 bits per heavy atom. The van der Waals surface area contributed by atoms with E-state index in [1.165, 1.54) is 6.42 Å². The van der Waals surface area contributed by atoms with Crippen molar-refractivity contribution in [2.24, 2.45) is 5.92 Å². The van der Waals surface area contributed by atoms with Crippen LogP contribution in [0.1, 0.15) is 66.7 Å².